The molecule has 0 unspecified atom stereocenters. The van der Waals surface area contributed by atoms with Crippen LogP contribution in [-0.4, -0.2) is 47.9 Å². The van der Waals surface area contributed by atoms with Gasteiger partial charge < -0.3 is 10.2 Å². The standard InChI is InChI=1S/C22H26N4O2/c27-20(23-12-15-25-13-5-2-6-14-25)16-19-21-18(10-7-11-24-21)22(28)26(19)17-8-3-1-4-9-17/h1,3-4,7-11,19H,2,5-6,12-16H2,(H,23,27)/t19-/m1/s1. The quantitative estimate of drug-likeness (QED) is 0.839. The first-order valence-electron chi connectivity index (χ1n) is 10.1. The molecule has 0 radical (unpaired) electrons. The predicted octanol–water partition coefficient (Wildman–Crippen LogP) is 2.78. The van der Waals surface area contributed by atoms with E-state index >= 15 is 0 Å². The van der Waals surface area contributed by atoms with Gasteiger partial charge in [-0.3, -0.25) is 19.5 Å². The Morgan fingerprint density at radius 2 is 1.86 bits per heavy atom. The maximum Gasteiger partial charge on any atom is 0.260 e. The largest absolute Gasteiger partial charge is 0.355 e. The summed E-state index contributed by atoms with van der Waals surface area (Å²) in [5.41, 5.74) is 2.05. The van der Waals surface area contributed by atoms with Crippen molar-refractivity contribution in [2.24, 2.45) is 0 Å². The second-order valence-corrected chi connectivity index (χ2v) is 7.42. The van der Waals surface area contributed by atoms with E-state index in [1.165, 1.54) is 19.3 Å². The van der Waals surface area contributed by atoms with Crippen molar-refractivity contribution in [2.75, 3.05) is 31.1 Å². The van der Waals surface area contributed by atoms with Crippen molar-refractivity contribution >= 4 is 17.5 Å². The number of nitrogens with zero attached hydrogens (tertiary/aromatic N) is 3. The minimum Gasteiger partial charge on any atom is -0.355 e. The molecule has 4 rings (SSSR count). The van der Waals surface area contributed by atoms with Crippen LogP contribution in [0, 0.1) is 0 Å². The fraction of sp³-hybridized carbons (Fsp3) is 0.409. The monoisotopic (exact) mass is 378 g/mol. The Bertz CT molecular complexity index is 833. The van der Waals surface area contributed by atoms with Crippen LogP contribution in [0.15, 0.2) is 48.7 Å². The van der Waals surface area contributed by atoms with E-state index in [2.05, 4.69) is 15.2 Å². The third kappa shape index (κ3) is 3.92. The molecule has 0 saturated carbocycles. The molecule has 1 aromatic heterocycles. The normalized spacial score (nSPS) is 19.5. The number of nitrogens with one attached hydrogen (secondary N) is 1. The molecule has 1 fully saturated rings. The van der Waals surface area contributed by atoms with Gasteiger partial charge in [-0.2, -0.15) is 0 Å². The van der Waals surface area contributed by atoms with Gasteiger partial charge in [0.2, 0.25) is 5.91 Å². The zero-order valence-electron chi connectivity index (χ0n) is 16.0. The fourth-order valence-electron chi connectivity index (χ4n) is 4.12. The molecule has 2 aliphatic heterocycles. The van der Waals surface area contributed by atoms with Gasteiger partial charge in [0.25, 0.3) is 5.91 Å². The molecule has 28 heavy (non-hydrogen) atoms. The molecule has 6 heteroatoms. The van der Waals surface area contributed by atoms with E-state index in [-0.39, 0.29) is 24.3 Å². The molecule has 1 atom stereocenters. The van der Waals surface area contributed by atoms with Crippen LogP contribution in [0.2, 0.25) is 0 Å². The summed E-state index contributed by atoms with van der Waals surface area (Å²) in [6.07, 6.45) is 5.69. The van der Waals surface area contributed by atoms with Crippen molar-refractivity contribution in [2.45, 2.75) is 31.7 Å². The molecular formula is C22H26N4O2. The molecule has 0 bridgehead atoms. The molecule has 1 aromatic carbocycles. The highest BCUT2D eigenvalue weighted by Crippen LogP contribution is 2.37. The summed E-state index contributed by atoms with van der Waals surface area (Å²) >= 11 is 0. The Hall–Kier alpha value is -2.73. The molecule has 0 spiro atoms. The first-order chi connectivity index (χ1) is 13.7. The van der Waals surface area contributed by atoms with E-state index in [0.717, 1.165) is 25.3 Å². The number of likely N-dealkylation sites (tertiary alicyclic amines) is 1. The number of anilines is 1. The summed E-state index contributed by atoms with van der Waals surface area (Å²) in [7, 11) is 0. The number of aromatic nitrogens is 1. The van der Waals surface area contributed by atoms with Crippen LogP contribution in [-0.2, 0) is 4.79 Å². The van der Waals surface area contributed by atoms with Gasteiger partial charge in [-0.25, -0.2) is 0 Å². The summed E-state index contributed by atoms with van der Waals surface area (Å²) in [4.78, 5) is 34.1. The van der Waals surface area contributed by atoms with Gasteiger partial charge in [-0.15, -0.1) is 0 Å². The molecule has 2 aliphatic rings. The smallest absolute Gasteiger partial charge is 0.260 e. The Morgan fingerprint density at radius 3 is 2.64 bits per heavy atom. The van der Waals surface area contributed by atoms with Gasteiger partial charge in [0.15, 0.2) is 0 Å². The molecule has 3 heterocycles. The van der Waals surface area contributed by atoms with E-state index < -0.39 is 0 Å². The first-order valence-corrected chi connectivity index (χ1v) is 10.1. The highest BCUT2D eigenvalue weighted by atomic mass is 16.2. The highest BCUT2D eigenvalue weighted by Gasteiger charge is 2.39. The number of fused-ring (bicyclic) bond motifs is 1. The fourth-order valence-corrected chi connectivity index (χ4v) is 4.12. The molecule has 146 valence electrons. The van der Waals surface area contributed by atoms with Gasteiger partial charge >= 0.3 is 0 Å². The lowest BCUT2D eigenvalue weighted by molar-refractivity contribution is -0.121. The Balaban J connectivity index is 1.44. The van der Waals surface area contributed by atoms with Gasteiger partial charge in [0.05, 0.1) is 23.7 Å². The number of pyridine rings is 1. The van der Waals surface area contributed by atoms with E-state index in [1.807, 2.05) is 30.3 Å². The summed E-state index contributed by atoms with van der Waals surface area (Å²) < 4.78 is 0. The van der Waals surface area contributed by atoms with Crippen molar-refractivity contribution < 1.29 is 9.59 Å². The minimum absolute atomic E-state index is 0.0470. The Morgan fingerprint density at radius 1 is 1.07 bits per heavy atom. The maximum absolute atomic E-state index is 13.0. The number of hydrogen-bond acceptors (Lipinski definition) is 4. The summed E-state index contributed by atoms with van der Waals surface area (Å²) in [5.74, 6) is -0.144. The maximum atomic E-state index is 13.0. The van der Waals surface area contributed by atoms with E-state index in [1.54, 1.807) is 23.2 Å². The third-order valence-corrected chi connectivity index (χ3v) is 5.53. The lowest BCUT2D eigenvalue weighted by Crippen LogP contribution is -2.39. The number of carbonyl (C=O) groups excluding carboxylic acids is 2. The van der Waals surface area contributed by atoms with Gasteiger partial charge in [0.1, 0.15) is 0 Å². The number of amides is 2. The average Bonchev–Trinajstić information content (AvgIpc) is 3.01. The molecule has 2 amide bonds. The zero-order valence-corrected chi connectivity index (χ0v) is 16.0. The average molecular weight is 378 g/mol. The van der Waals surface area contributed by atoms with Gasteiger partial charge in [-0.05, 0) is 50.2 Å². The molecule has 0 aliphatic carbocycles. The number of para-hydroxylation sites is 1. The second kappa shape index (κ2) is 8.52. The lowest BCUT2D eigenvalue weighted by atomic mass is 10.1. The molecule has 1 saturated heterocycles. The SMILES string of the molecule is O=C(C[C@@H]1c2ncccc2C(=O)N1c1ccccc1)NCCN1CCCCC1. The molecule has 2 aromatic rings. The van der Waals surface area contributed by atoms with E-state index in [9.17, 15) is 9.59 Å². The number of hydrogen-bond donors (Lipinski definition) is 1. The zero-order chi connectivity index (χ0) is 19.3. The van der Waals surface area contributed by atoms with Crippen LogP contribution >= 0.6 is 0 Å². The number of piperidine rings is 1. The second-order valence-electron chi connectivity index (χ2n) is 7.42. The van der Waals surface area contributed by atoms with E-state index in [4.69, 9.17) is 0 Å². The summed E-state index contributed by atoms with van der Waals surface area (Å²) in [6, 6.07) is 12.7. The lowest BCUT2D eigenvalue weighted by Gasteiger charge is -2.27. The highest BCUT2D eigenvalue weighted by molar-refractivity contribution is 6.11. The number of rotatable bonds is 6. The van der Waals surface area contributed by atoms with Crippen molar-refractivity contribution in [1.29, 1.82) is 0 Å². The summed E-state index contributed by atoms with van der Waals surface area (Å²) in [6.45, 7) is 3.75. The Labute approximate surface area is 165 Å². The minimum atomic E-state index is -0.374. The van der Waals surface area contributed by atoms with Crippen molar-refractivity contribution in [1.82, 2.24) is 15.2 Å². The molecule has 1 N–H and O–H groups in total. The van der Waals surface area contributed by atoms with Crippen LogP contribution in [0.3, 0.4) is 0 Å². The topological polar surface area (TPSA) is 65.5 Å². The van der Waals surface area contributed by atoms with E-state index in [0.29, 0.717) is 17.8 Å². The summed E-state index contributed by atoms with van der Waals surface area (Å²) in [5, 5.41) is 3.03. The number of carbonyl (C=O) groups is 2. The molecule has 6 nitrogen and oxygen atoms in total. The van der Waals surface area contributed by atoms with Crippen molar-refractivity contribution in [3.05, 3.63) is 59.9 Å². The van der Waals surface area contributed by atoms with Crippen LogP contribution < -0.4 is 10.2 Å². The first kappa shape index (κ1) is 18.6. The van der Waals surface area contributed by atoms with Crippen LogP contribution in [0.5, 0.6) is 0 Å². The molecular weight excluding hydrogens is 352 g/mol. The van der Waals surface area contributed by atoms with Crippen LogP contribution in [0.1, 0.15) is 47.8 Å². The Kier molecular flexibility index (Phi) is 5.67. The van der Waals surface area contributed by atoms with Gasteiger partial charge in [-0.1, -0.05) is 24.6 Å². The predicted molar refractivity (Wildman–Crippen MR) is 108 cm³/mol. The van der Waals surface area contributed by atoms with Crippen LogP contribution in [0.25, 0.3) is 0 Å². The number of benzene rings is 1. The van der Waals surface area contributed by atoms with Crippen LogP contribution in [0.4, 0.5) is 5.69 Å². The third-order valence-electron chi connectivity index (χ3n) is 5.53. The van der Waals surface area contributed by atoms with Gasteiger partial charge in [0, 0.05) is 25.0 Å². The van der Waals surface area contributed by atoms with Crippen molar-refractivity contribution in [3.63, 3.8) is 0 Å². The van der Waals surface area contributed by atoms with Crippen molar-refractivity contribution in [3.8, 4) is 0 Å².